The summed E-state index contributed by atoms with van der Waals surface area (Å²) in [4.78, 5) is 48.5. The molecular weight excluding hydrogens is 418 g/mol. The van der Waals surface area contributed by atoms with E-state index < -0.39 is 48.5 Å². The number of carbonyl (C=O) groups excluding carboxylic acids is 3. The lowest BCUT2D eigenvalue weighted by molar-refractivity contribution is -0.145. The van der Waals surface area contributed by atoms with E-state index in [9.17, 15) is 29.4 Å². The molecule has 0 aliphatic heterocycles. The predicted octanol–water partition coefficient (Wildman–Crippen LogP) is 0.187. The summed E-state index contributed by atoms with van der Waals surface area (Å²) in [5.74, 6) is -4.75. The Kier molecular flexibility index (Phi) is 9.18. The van der Waals surface area contributed by atoms with E-state index in [4.69, 9.17) is 10.5 Å². The highest BCUT2D eigenvalue weighted by Crippen LogP contribution is 2.15. The largest absolute Gasteiger partial charge is 0.481 e. The van der Waals surface area contributed by atoms with Crippen LogP contribution in [-0.4, -0.2) is 52.8 Å². The number of carboxylic acid groups (broad SMARTS) is 1. The molecule has 0 fully saturated rings. The molecular formula is C22H25N3O7. The number of hydrogen-bond donors (Lipinski definition) is 5. The first kappa shape index (κ1) is 24.4. The van der Waals surface area contributed by atoms with Crippen LogP contribution < -0.4 is 16.4 Å². The van der Waals surface area contributed by atoms with Crippen molar-refractivity contribution >= 4 is 23.9 Å². The molecule has 0 saturated carbocycles. The van der Waals surface area contributed by atoms with Crippen LogP contribution >= 0.6 is 0 Å². The third-order valence-corrected chi connectivity index (χ3v) is 4.63. The number of nitrogens with one attached hydrogen (secondary N) is 2. The zero-order valence-corrected chi connectivity index (χ0v) is 17.1. The number of nitrogens with two attached hydrogens (primary N) is 1. The number of primary amides is 1. The van der Waals surface area contributed by atoms with Gasteiger partial charge in [0, 0.05) is 0 Å². The number of rotatable bonds is 11. The first-order chi connectivity index (χ1) is 15.3. The minimum atomic E-state index is -1.61. The molecule has 10 nitrogen and oxygen atoms in total. The number of benzene rings is 2. The van der Waals surface area contributed by atoms with E-state index in [-0.39, 0.29) is 13.0 Å². The Hall–Kier alpha value is -3.92. The van der Waals surface area contributed by atoms with Crippen LogP contribution in [0.15, 0.2) is 60.7 Å². The van der Waals surface area contributed by atoms with Crippen LogP contribution in [0.2, 0.25) is 0 Å². The Morgan fingerprint density at radius 1 is 0.906 bits per heavy atom. The molecule has 2 rings (SSSR count). The minimum absolute atomic E-state index is 0.0897. The van der Waals surface area contributed by atoms with Crippen LogP contribution in [0.4, 0.5) is 4.79 Å². The Morgan fingerprint density at radius 3 is 1.97 bits per heavy atom. The molecule has 10 heteroatoms. The number of amides is 3. The Bertz CT molecular complexity index is 922. The standard InChI is InChI=1S/C22H25N3O7/c23-19(27)17(12-26)24-20(28)18(16(21(29)30)11-14-7-3-1-4-8-14)25-22(31)32-13-15-9-5-2-6-10-15/h1-10,16-18,26H,11-13H2,(H2,23,27)(H,24,28)(H,25,31)(H,29,30)/t16?,17-,18+/m1/s1. The van der Waals surface area contributed by atoms with Crippen molar-refractivity contribution in [3.63, 3.8) is 0 Å². The van der Waals surface area contributed by atoms with Gasteiger partial charge in [0.1, 0.15) is 18.7 Å². The fourth-order valence-corrected chi connectivity index (χ4v) is 2.92. The molecule has 0 aliphatic rings. The van der Waals surface area contributed by atoms with E-state index in [1.807, 2.05) is 0 Å². The fraction of sp³-hybridized carbons (Fsp3) is 0.273. The van der Waals surface area contributed by atoms with Crippen molar-refractivity contribution in [1.29, 1.82) is 0 Å². The van der Waals surface area contributed by atoms with Crippen molar-refractivity contribution in [2.75, 3.05) is 6.61 Å². The molecule has 0 saturated heterocycles. The zero-order chi connectivity index (χ0) is 23.5. The van der Waals surface area contributed by atoms with Crippen LogP contribution in [0.5, 0.6) is 0 Å². The summed E-state index contributed by atoms with van der Waals surface area (Å²) in [6, 6.07) is 14.2. The second-order valence-corrected chi connectivity index (χ2v) is 6.96. The fourth-order valence-electron chi connectivity index (χ4n) is 2.92. The molecule has 0 aliphatic carbocycles. The van der Waals surface area contributed by atoms with Crippen LogP contribution in [-0.2, 0) is 32.1 Å². The molecule has 32 heavy (non-hydrogen) atoms. The first-order valence-electron chi connectivity index (χ1n) is 9.76. The van der Waals surface area contributed by atoms with E-state index in [0.717, 1.165) is 0 Å². The number of ether oxygens (including phenoxy) is 1. The number of alkyl carbamates (subject to hydrolysis) is 1. The summed E-state index contributed by atoms with van der Waals surface area (Å²) < 4.78 is 5.10. The summed E-state index contributed by atoms with van der Waals surface area (Å²) in [6.07, 6.45) is -1.11. The Labute approximate surface area is 184 Å². The number of carboxylic acids is 1. The number of carbonyl (C=O) groups is 4. The van der Waals surface area contributed by atoms with E-state index in [2.05, 4.69) is 10.6 Å². The van der Waals surface area contributed by atoms with Crippen LogP contribution in [0.25, 0.3) is 0 Å². The molecule has 6 N–H and O–H groups in total. The van der Waals surface area contributed by atoms with Crippen molar-refractivity contribution in [3.8, 4) is 0 Å². The third kappa shape index (κ3) is 7.40. The summed E-state index contributed by atoms with van der Waals surface area (Å²) in [7, 11) is 0. The number of aliphatic carboxylic acids is 1. The molecule has 3 atom stereocenters. The van der Waals surface area contributed by atoms with E-state index in [0.29, 0.717) is 11.1 Å². The SMILES string of the molecule is NC(=O)[C@@H](CO)NC(=O)[C@@H](NC(=O)OCc1ccccc1)C(Cc1ccccc1)C(=O)O. The summed E-state index contributed by atoms with van der Waals surface area (Å²) in [6.45, 7) is -0.888. The van der Waals surface area contributed by atoms with Gasteiger partial charge in [0.15, 0.2) is 0 Å². The molecule has 0 heterocycles. The van der Waals surface area contributed by atoms with E-state index >= 15 is 0 Å². The summed E-state index contributed by atoms with van der Waals surface area (Å²) in [5, 5.41) is 23.5. The third-order valence-electron chi connectivity index (χ3n) is 4.63. The maximum absolute atomic E-state index is 12.8. The van der Waals surface area contributed by atoms with Gasteiger partial charge in [-0.25, -0.2) is 4.79 Å². The number of aliphatic hydroxyl groups is 1. The van der Waals surface area contributed by atoms with Crippen molar-refractivity contribution < 1.29 is 34.1 Å². The molecule has 3 amide bonds. The molecule has 170 valence electrons. The van der Waals surface area contributed by atoms with Gasteiger partial charge in [0.25, 0.3) is 0 Å². The average molecular weight is 443 g/mol. The van der Waals surface area contributed by atoms with Crippen molar-refractivity contribution in [2.24, 2.45) is 11.7 Å². The van der Waals surface area contributed by atoms with Crippen molar-refractivity contribution in [1.82, 2.24) is 10.6 Å². The lowest BCUT2D eigenvalue weighted by Crippen LogP contribution is -2.58. The van der Waals surface area contributed by atoms with Gasteiger partial charge in [-0.3, -0.25) is 14.4 Å². The molecule has 1 unspecified atom stereocenters. The quantitative estimate of drug-likeness (QED) is 0.330. The van der Waals surface area contributed by atoms with Gasteiger partial charge in [-0.05, 0) is 17.5 Å². The van der Waals surface area contributed by atoms with Gasteiger partial charge < -0.3 is 31.3 Å². The molecule has 0 bridgehead atoms. The topological polar surface area (TPSA) is 168 Å². The molecule has 0 spiro atoms. The van der Waals surface area contributed by atoms with Gasteiger partial charge in [-0.1, -0.05) is 60.7 Å². The predicted molar refractivity (Wildman–Crippen MR) is 113 cm³/mol. The number of aliphatic hydroxyl groups excluding tert-OH is 1. The van der Waals surface area contributed by atoms with Gasteiger partial charge in [-0.15, -0.1) is 0 Å². The second kappa shape index (κ2) is 12.1. The summed E-state index contributed by atoms with van der Waals surface area (Å²) in [5.41, 5.74) is 6.43. The second-order valence-electron chi connectivity index (χ2n) is 6.96. The first-order valence-corrected chi connectivity index (χ1v) is 9.76. The zero-order valence-electron chi connectivity index (χ0n) is 17.1. The molecule has 0 aromatic heterocycles. The Morgan fingerprint density at radius 2 is 1.47 bits per heavy atom. The van der Waals surface area contributed by atoms with Gasteiger partial charge >= 0.3 is 12.1 Å². The normalized spacial score (nSPS) is 13.3. The van der Waals surface area contributed by atoms with Gasteiger partial charge in [0.2, 0.25) is 11.8 Å². The van der Waals surface area contributed by atoms with Gasteiger partial charge in [0.05, 0.1) is 12.5 Å². The molecule has 0 radical (unpaired) electrons. The van der Waals surface area contributed by atoms with E-state index in [1.54, 1.807) is 60.7 Å². The molecule has 2 aromatic rings. The van der Waals surface area contributed by atoms with E-state index in [1.165, 1.54) is 0 Å². The smallest absolute Gasteiger partial charge is 0.408 e. The monoisotopic (exact) mass is 443 g/mol. The van der Waals surface area contributed by atoms with Gasteiger partial charge in [-0.2, -0.15) is 0 Å². The highest BCUT2D eigenvalue weighted by Gasteiger charge is 2.37. The van der Waals surface area contributed by atoms with Crippen LogP contribution in [0.3, 0.4) is 0 Å². The maximum atomic E-state index is 12.8. The lowest BCUT2D eigenvalue weighted by Gasteiger charge is -2.25. The highest BCUT2D eigenvalue weighted by atomic mass is 16.5. The van der Waals surface area contributed by atoms with Crippen molar-refractivity contribution in [2.45, 2.75) is 25.1 Å². The highest BCUT2D eigenvalue weighted by molar-refractivity contribution is 5.93. The maximum Gasteiger partial charge on any atom is 0.408 e. The summed E-state index contributed by atoms with van der Waals surface area (Å²) >= 11 is 0. The number of hydrogen-bond acceptors (Lipinski definition) is 6. The van der Waals surface area contributed by atoms with Crippen LogP contribution in [0, 0.1) is 5.92 Å². The average Bonchev–Trinajstić information content (AvgIpc) is 2.79. The van der Waals surface area contributed by atoms with Crippen molar-refractivity contribution in [3.05, 3.63) is 71.8 Å². The molecule has 2 aromatic carbocycles. The van der Waals surface area contributed by atoms with Crippen LogP contribution in [0.1, 0.15) is 11.1 Å². The minimum Gasteiger partial charge on any atom is -0.481 e. The lowest BCUT2D eigenvalue weighted by atomic mass is 9.91. The Balaban J connectivity index is 2.21.